The smallest absolute Gasteiger partial charge is 0.308 e. The van der Waals surface area contributed by atoms with Gasteiger partial charge in [-0.2, -0.15) is 0 Å². The number of benzene rings is 1. The Morgan fingerprint density at radius 1 is 1.19 bits per heavy atom. The first-order valence-electron chi connectivity index (χ1n) is 13.7. The number of Topliss-reactive ketones (excluding diaryl/α,β-unsaturated/α-hetero) is 1. The van der Waals surface area contributed by atoms with E-state index in [0.717, 1.165) is 10.4 Å². The van der Waals surface area contributed by atoms with E-state index in [2.05, 4.69) is 46.4 Å². The molecular formula is C30H40FNO3S. The van der Waals surface area contributed by atoms with Crippen LogP contribution in [0.5, 0.6) is 5.06 Å². The number of hydrogen-bond acceptors (Lipinski definition) is 5. The molecule has 0 amide bonds. The van der Waals surface area contributed by atoms with E-state index < -0.39 is 34.3 Å². The summed E-state index contributed by atoms with van der Waals surface area (Å²) < 4.78 is 38.4. The Kier molecular flexibility index (Phi) is 5.55. The maximum atomic E-state index is 16.3. The van der Waals surface area contributed by atoms with E-state index in [-0.39, 0.29) is 34.6 Å². The molecule has 4 rings (SSSR count). The van der Waals surface area contributed by atoms with Gasteiger partial charge in [-0.15, -0.1) is 11.3 Å². The first-order valence-corrected chi connectivity index (χ1v) is 13.5. The predicted molar refractivity (Wildman–Crippen MR) is 143 cm³/mol. The molecule has 1 saturated carbocycles. The zero-order chi connectivity index (χ0) is 28.9. The third kappa shape index (κ3) is 3.47. The highest BCUT2D eigenvalue weighted by Gasteiger charge is 2.73. The van der Waals surface area contributed by atoms with Crippen molar-refractivity contribution in [2.24, 2.45) is 16.7 Å². The van der Waals surface area contributed by atoms with E-state index >= 15 is 4.39 Å². The molecule has 1 fully saturated rings. The Bertz CT molecular complexity index is 1340. The Morgan fingerprint density at radius 2 is 1.78 bits per heavy atom. The normalized spacial score (nSPS) is 29.0. The van der Waals surface area contributed by atoms with E-state index in [1.165, 1.54) is 18.3 Å². The number of nitrogens with zero attached hydrogens (tertiary/aromatic N) is 1. The van der Waals surface area contributed by atoms with Crippen molar-refractivity contribution in [2.45, 2.75) is 99.7 Å². The van der Waals surface area contributed by atoms with Gasteiger partial charge in [0, 0.05) is 40.8 Å². The number of hydrogen-bond donors (Lipinski definition) is 0. The van der Waals surface area contributed by atoms with Crippen LogP contribution in [0.25, 0.3) is 0 Å². The maximum Gasteiger partial charge on any atom is 0.308 e. The van der Waals surface area contributed by atoms with Gasteiger partial charge < -0.3 is 4.74 Å². The second-order valence-electron chi connectivity index (χ2n) is 12.2. The number of carbonyl (C=O) groups is 2. The summed E-state index contributed by atoms with van der Waals surface area (Å²) in [6.45, 7) is 21.5. The van der Waals surface area contributed by atoms with Crippen LogP contribution in [-0.2, 0) is 21.7 Å². The van der Waals surface area contributed by atoms with Gasteiger partial charge >= 0.3 is 5.97 Å². The first kappa shape index (κ1) is 24.3. The molecule has 1 aliphatic heterocycles. The molecule has 0 N–H and O–H groups in total. The highest BCUT2D eigenvalue weighted by Crippen LogP contribution is 2.71. The molecule has 0 spiro atoms. The Morgan fingerprint density at radius 3 is 2.31 bits per heavy atom. The third-order valence-corrected chi connectivity index (χ3v) is 11.4. The van der Waals surface area contributed by atoms with Crippen LogP contribution in [0.4, 0.5) is 4.39 Å². The van der Waals surface area contributed by atoms with Crippen molar-refractivity contribution in [1.29, 1.82) is 0 Å². The molecule has 4 unspecified atom stereocenters. The van der Waals surface area contributed by atoms with Gasteiger partial charge in [-0.05, 0) is 74.8 Å². The molecule has 1 aliphatic carbocycles. The largest absolute Gasteiger partial charge is 0.416 e. The SMILES string of the molecule is [2H]c1c([2H])c(F)c(C(C)(C(=O)C2(C)C(C)C2(C)C)N2Cc3cc(OC(C)=O)sc3C(C)C2(C)C)c(C)c1C. The zero-order valence-corrected chi connectivity index (χ0v) is 24.2. The van der Waals surface area contributed by atoms with E-state index in [1.54, 1.807) is 13.8 Å². The number of thiophene rings is 1. The second-order valence-corrected chi connectivity index (χ2v) is 13.3. The molecule has 1 aromatic carbocycles. The highest BCUT2D eigenvalue weighted by atomic mass is 32.1. The molecule has 1 aromatic heterocycles. The molecule has 6 heteroatoms. The van der Waals surface area contributed by atoms with Gasteiger partial charge in [0.15, 0.2) is 10.8 Å². The van der Waals surface area contributed by atoms with Crippen LogP contribution >= 0.6 is 11.3 Å². The average Bonchev–Trinajstić information content (AvgIpc) is 3.10. The molecule has 4 nitrogen and oxygen atoms in total. The third-order valence-electron chi connectivity index (χ3n) is 10.2. The molecule has 196 valence electrons. The van der Waals surface area contributed by atoms with Crippen LogP contribution in [0.1, 0.15) is 98.1 Å². The minimum Gasteiger partial charge on any atom is -0.416 e. The Balaban J connectivity index is 2.02. The van der Waals surface area contributed by atoms with Gasteiger partial charge in [0.25, 0.3) is 0 Å². The molecule has 0 radical (unpaired) electrons. The molecule has 2 heterocycles. The zero-order valence-electron chi connectivity index (χ0n) is 25.4. The van der Waals surface area contributed by atoms with Gasteiger partial charge in [-0.25, -0.2) is 4.39 Å². The van der Waals surface area contributed by atoms with Crippen LogP contribution < -0.4 is 4.74 Å². The average molecular weight is 516 g/mol. The summed E-state index contributed by atoms with van der Waals surface area (Å²) in [6, 6.07) is 1.22. The molecule has 2 aliphatic rings. The van der Waals surface area contributed by atoms with Gasteiger partial charge in [0.05, 0.1) is 2.74 Å². The van der Waals surface area contributed by atoms with Crippen molar-refractivity contribution in [2.75, 3.05) is 0 Å². The lowest BCUT2D eigenvalue weighted by molar-refractivity contribution is -0.145. The minimum atomic E-state index is -1.42. The topological polar surface area (TPSA) is 46.6 Å². The fourth-order valence-electron chi connectivity index (χ4n) is 6.64. The quantitative estimate of drug-likeness (QED) is 0.392. The molecule has 4 atom stereocenters. The molecule has 36 heavy (non-hydrogen) atoms. The lowest BCUT2D eigenvalue weighted by Crippen LogP contribution is -2.63. The predicted octanol–water partition coefficient (Wildman–Crippen LogP) is 7.29. The summed E-state index contributed by atoms with van der Waals surface area (Å²) in [5.41, 5.74) is -0.802. The molecule has 2 aromatic rings. The number of rotatable bonds is 5. The van der Waals surface area contributed by atoms with Gasteiger partial charge in [-0.3, -0.25) is 14.5 Å². The number of carbonyl (C=O) groups excluding carboxylic acids is 2. The van der Waals surface area contributed by atoms with Crippen LogP contribution in [0.3, 0.4) is 0 Å². The molecule has 0 bridgehead atoms. The summed E-state index contributed by atoms with van der Waals surface area (Å²) in [6.07, 6.45) is 0. The monoisotopic (exact) mass is 515 g/mol. The van der Waals surface area contributed by atoms with Gasteiger partial charge in [0.1, 0.15) is 11.4 Å². The lowest BCUT2D eigenvalue weighted by Gasteiger charge is -2.55. The molecular weight excluding hydrogens is 473 g/mol. The van der Waals surface area contributed by atoms with Gasteiger partial charge in [-0.1, -0.05) is 40.7 Å². The summed E-state index contributed by atoms with van der Waals surface area (Å²) in [7, 11) is 0. The fraction of sp³-hybridized carbons (Fsp3) is 0.600. The van der Waals surface area contributed by atoms with Crippen molar-refractivity contribution >= 4 is 23.1 Å². The van der Waals surface area contributed by atoms with Crippen molar-refractivity contribution in [3.8, 4) is 5.06 Å². The summed E-state index contributed by atoms with van der Waals surface area (Å²) in [5.74, 6) is -1.23. The summed E-state index contributed by atoms with van der Waals surface area (Å²) >= 11 is 1.44. The standard InChI is InChI=1S/C30H40FNO3S/c1-16-12-13-22(31)24(17(16)2)30(11,26(34)29(10)19(4)27(29,6)7)32-15-21-14-23(35-20(5)33)36-25(21)18(3)28(32,8)9/h12-14,18-19H,15H2,1-11H3/i12D,13D. The van der Waals surface area contributed by atoms with Crippen molar-refractivity contribution in [3.05, 3.63) is 51.1 Å². The number of ether oxygens (including phenoxy) is 1. The van der Waals surface area contributed by atoms with E-state index in [0.29, 0.717) is 22.7 Å². The van der Waals surface area contributed by atoms with Crippen molar-refractivity contribution < 1.29 is 21.5 Å². The summed E-state index contributed by atoms with van der Waals surface area (Å²) in [5, 5.41) is 0.508. The Hall–Kier alpha value is -2.05. The fourth-order valence-corrected chi connectivity index (χ4v) is 7.93. The van der Waals surface area contributed by atoms with Crippen molar-refractivity contribution in [1.82, 2.24) is 4.90 Å². The number of esters is 1. The van der Waals surface area contributed by atoms with Crippen LogP contribution in [0.2, 0.25) is 0 Å². The van der Waals surface area contributed by atoms with Crippen molar-refractivity contribution in [3.63, 3.8) is 0 Å². The second kappa shape index (κ2) is 8.22. The number of fused-ring (bicyclic) bond motifs is 1. The first-order chi connectivity index (χ1) is 17.3. The number of ketones is 1. The minimum absolute atomic E-state index is 0.0551. The molecule has 0 saturated heterocycles. The lowest BCUT2D eigenvalue weighted by atomic mass is 9.69. The maximum absolute atomic E-state index is 16.3. The highest BCUT2D eigenvalue weighted by molar-refractivity contribution is 7.14. The van der Waals surface area contributed by atoms with E-state index in [1.807, 2.05) is 19.9 Å². The van der Waals surface area contributed by atoms with Gasteiger partial charge in [0.2, 0.25) is 0 Å². The summed E-state index contributed by atoms with van der Waals surface area (Å²) in [4.78, 5) is 29.8. The number of halogens is 1. The van der Waals surface area contributed by atoms with Crippen LogP contribution in [0.15, 0.2) is 18.2 Å². The van der Waals surface area contributed by atoms with Crippen LogP contribution in [-0.4, -0.2) is 22.2 Å². The Labute approximate surface area is 222 Å². The van der Waals surface area contributed by atoms with E-state index in [9.17, 15) is 9.59 Å². The van der Waals surface area contributed by atoms with Crippen LogP contribution in [0, 0.1) is 36.4 Å². The van der Waals surface area contributed by atoms with E-state index in [4.69, 9.17) is 7.48 Å².